The van der Waals surface area contributed by atoms with E-state index in [1.807, 2.05) is 6.20 Å². The van der Waals surface area contributed by atoms with Crippen molar-refractivity contribution in [1.29, 1.82) is 0 Å². The van der Waals surface area contributed by atoms with Crippen LogP contribution in [0.3, 0.4) is 0 Å². The van der Waals surface area contributed by atoms with Crippen LogP contribution in [0.5, 0.6) is 0 Å². The van der Waals surface area contributed by atoms with Gasteiger partial charge in [-0.05, 0) is 36.8 Å². The summed E-state index contributed by atoms with van der Waals surface area (Å²) in [7, 11) is 0. The number of rotatable bonds is 5. The molecule has 1 aliphatic carbocycles. The minimum Gasteiger partial charge on any atom is -0.356 e. The van der Waals surface area contributed by atoms with Gasteiger partial charge in [-0.15, -0.1) is 0 Å². The van der Waals surface area contributed by atoms with Crippen LogP contribution in [0.25, 0.3) is 0 Å². The maximum absolute atomic E-state index is 4.49. The molecule has 3 heteroatoms. The van der Waals surface area contributed by atoms with E-state index in [-0.39, 0.29) is 0 Å². The van der Waals surface area contributed by atoms with Gasteiger partial charge in [0.2, 0.25) is 5.95 Å². The van der Waals surface area contributed by atoms with Crippen LogP contribution >= 0.6 is 0 Å². The molecule has 0 saturated heterocycles. The minimum atomic E-state index is 0.437. The van der Waals surface area contributed by atoms with Crippen molar-refractivity contribution < 1.29 is 0 Å². The topological polar surface area (TPSA) is 29.9 Å². The molecule has 1 N–H and O–H groups in total. The van der Waals surface area contributed by atoms with Gasteiger partial charge in [-0.1, -0.05) is 37.6 Å². The SMILES string of the molecule is CCCCNc1nccn1C1CCCc2ccccc21. The van der Waals surface area contributed by atoms with E-state index in [1.54, 1.807) is 0 Å². The van der Waals surface area contributed by atoms with Crippen LogP contribution in [0.2, 0.25) is 0 Å². The number of hydrogen-bond acceptors (Lipinski definition) is 2. The summed E-state index contributed by atoms with van der Waals surface area (Å²) in [6, 6.07) is 9.28. The van der Waals surface area contributed by atoms with Crippen LogP contribution in [0.15, 0.2) is 36.7 Å². The van der Waals surface area contributed by atoms with Gasteiger partial charge in [0.25, 0.3) is 0 Å². The van der Waals surface area contributed by atoms with Crippen molar-refractivity contribution in [3.63, 3.8) is 0 Å². The molecule has 0 radical (unpaired) electrons. The molecule has 0 bridgehead atoms. The van der Waals surface area contributed by atoms with Gasteiger partial charge >= 0.3 is 0 Å². The standard InChI is InChI=1S/C17H23N3/c1-2-3-11-18-17-19-12-13-20(17)16-10-6-8-14-7-4-5-9-15(14)16/h4-5,7,9,12-13,16H,2-3,6,8,10-11H2,1H3,(H,18,19). The number of imidazole rings is 1. The zero-order valence-electron chi connectivity index (χ0n) is 12.2. The van der Waals surface area contributed by atoms with E-state index >= 15 is 0 Å². The number of nitrogens with one attached hydrogen (secondary N) is 1. The molecule has 106 valence electrons. The fourth-order valence-electron chi connectivity index (χ4n) is 3.10. The monoisotopic (exact) mass is 269 g/mol. The molecule has 1 aromatic heterocycles. The maximum Gasteiger partial charge on any atom is 0.203 e. The van der Waals surface area contributed by atoms with Crippen LogP contribution in [0, 0.1) is 0 Å². The normalized spacial score (nSPS) is 17.8. The molecular formula is C17H23N3. The molecule has 1 aliphatic rings. The van der Waals surface area contributed by atoms with Crippen molar-refractivity contribution in [1.82, 2.24) is 9.55 Å². The van der Waals surface area contributed by atoms with E-state index in [2.05, 4.69) is 52.3 Å². The van der Waals surface area contributed by atoms with E-state index in [0.29, 0.717) is 6.04 Å². The van der Waals surface area contributed by atoms with Crippen LogP contribution in [-0.2, 0) is 6.42 Å². The molecule has 1 atom stereocenters. The third-order valence-corrected chi connectivity index (χ3v) is 4.16. The zero-order valence-corrected chi connectivity index (χ0v) is 12.2. The first-order chi connectivity index (χ1) is 9.90. The fraction of sp³-hybridized carbons (Fsp3) is 0.471. The average molecular weight is 269 g/mol. The van der Waals surface area contributed by atoms with E-state index in [0.717, 1.165) is 12.5 Å². The summed E-state index contributed by atoms with van der Waals surface area (Å²) < 4.78 is 2.31. The number of benzene rings is 1. The summed E-state index contributed by atoms with van der Waals surface area (Å²) in [5, 5.41) is 3.47. The third kappa shape index (κ3) is 2.58. The number of nitrogens with zero attached hydrogens (tertiary/aromatic N) is 2. The van der Waals surface area contributed by atoms with Crippen LogP contribution < -0.4 is 5.32 Å². The highest BCUT2D eigenvalue weighted by Crippen LogP contribution is 2.34. The lowest BCUT2D eigenvalue weighted by atomic mass is 9.87. The highest BCUT2D eigenvalue weighted by Gasteiger charge is 2.22. The summed E-state index contributed by atoms with van der Waals surface area (Å²) in [6.07, 6.45) is 10.1. The maximum atomic E-state index is 4.49. The molecule has 0 spiro atoms. The van der Waals surface area contributed by atoms with Crippen LogP contribution in [0.4, 0.5) is 5.95 Å². The van der Waals surface area contributed by atoms with Gasteiger partial charge in [-0.3, -0.25) is 0 Å². The molecule has 1 aromatic carbocycles. The van der Waals surface area contributed by atoms with Gasteiger partial charge in [-0.2, -0.15) is 0 Å². The molecule has 0 aliphatic heterocycles. The summed E-state index contributed by atoms with van der Waals surface area (Å²) in [4.78, 5) is 4.49. The molecule has 0 amide bonds. The van der Waals surface area contributed by atoms with Gasteiger partial charge in [0.1, 0.15) is 0 Å². The first kappa shape index (κ1) is 13.2. The Labute approximate surface area is 121 Å². The lowest BCUT2D eigenvalue weighted by Gasteiger charge is -2.28. The second-order valence-corrected chi connectivity index (χ2v) is 5.55. The van der Waals surface area contributed by atoms with Gasteiger partial charge in [0, 0.05) is 18.9 Å². The molecule has 3 rings (SSSR count). The highest BCUT2D eigenvalue weighted by atomic mass is 15.2. The third-order valence-electron chi connectivity index (χ3n) is 4.16. The lowest BCUT2D eigenvalue weighted by molar-refractivity contribution is 0.493. The Morgan fingerprint density at radius 2 is 2.25 bits per heavy atom. The first-order valence-corrected chi connectivity index (χ1v) is 7.74. The fourth-order valence-corrected chi connectivity index (χ4v) is 3.10. The van der Waals surface area contributed by atoms with E-state index in [1.165, 1.54) is 43.2 Å². The number of aromatic nitrogens is 2. The molecule has 20 heavy (non-hydrogen) atoms. The molecule has 2 aromatic rings. The summed E-state index contributed by atoms with van der Waals surface area (Å²) in [6.45, 7) is 3.22. The Morgan fingerprint density at radius 3 is 3.15 bits per heavy atom. The van der Waals surface area contributed by atoms with E-state index < -0.39 is 0 Å². The summed E-state index contributed by atoms with van der Waals surface area (Å²) in [5.74, 6) is 1.01. The number of hydrogen-bond donors (Lipinski definition) is 1. The van der Waals surface area contributed by atoms with Crippen molar-refractivity contribution in [2.24, 2.45) is 0 Å². The predicted molar refractivity (Wildman–Crippen MR) is 83.1 cm³/mol. The molecule has 3 nitrogen and oxygen atoms in total. The quantitative estimate of drug-likeness (QED) is 0.831. The molecule has 0 fully saturated rings. The highest BCUT2D eigenvalue weighted by molar-refractivity contribution is 5.36. The van der Waals surface area contributed by atoms with Crippen LogP contribution in [-0.4, -0.2) is 16.1 Å². The zero-order chi connectivity index (χ0) is 13.8. The van der Waals surface area contributed by atoms with Crippen molar-refractivity contribution >= 4 is 5.95 Å². The lowest BCUT2D eigenvalue weighted by Crippen LogP contribution is -2.19. The second-order valence-electron chi connectivity index (χ2n) is 5.55. The molecular weight excluding hydrogens is 246 g/mol. The Bertz CT molecular complexity index is 559. The Hall–Kier alpha value is -1.77. The average Bonchev–Trinajstić information content (AvgIpc) is 2.95. The number of anilines is 1. The molecule has 1 heterocycles. The van der Waals surface area contributed by atoms with Gasteiger partial charge in [0.15, 0.2) is 0 Å². The minimum absolute atomic E-state index is 0.437. The van der Waals surface area contributed by atoms with Crippen molar-refractivity contribution in [2.75, 3.05) is 11.9 Å². The van der Waals surface area contributed by atoms with E-state index in [4.69, 9.17) is 0 Å². The first-order valence-electron chi connectivity index (χ1n) is 7.74. The number of unbranched alkanes of at least 4 members (excludes halogenated alkanes) is 1. The van der Waals surface area contributed by atoms with Gasteiger partial charge in [-0.25, -0.2) is 4.98 Å². The van der Waals surface area contributed by atoms with Crippen molar-refractivity contribution in [3.8, 4) is 0 Å². The Kier molecular flexibility index (Phi) is 4.05. The van der Waals surface area contributed by atoms with Crippen molar-refractivity contribution in [2.45, 2.75) is 45.1 Å². The van der Waals surface area contributed by atoms with Gasteiger partial charge in [0.05, 0.1) is 6.04 Å². The van der Waals surface area contributed by atoms with E-state index in [9.17, 15) is 0 Å². The molecule has 0 saturated carbocycles. The smallest absolute Gasteiger partial charge is 0.203 e. The summed E-state index contributed by atoms with van der Waals surface area (Å²) >= 11 is 0. The Balaban J connectivity index is 1.85. The number of aryl methyl sites for hydroxylation is 1. The molecule has 1 unspecified atom stereocenters. The Morgan fingerprint density at radius 1 is 1.35 bits per heavy atom. The predicted octanol–water partition coefficient (Wildman–Crippen LogP) is 4.02. The largest absolute Gasteiger partial charge is 0.356 e. The summed E-state index contributed by atoms with van der Waals surface area (Å²) in [5.41, 5.74) is 2.97. The second kappa shape index (κ2) is 6.12. The van der Waals surface area contributed by atoms with Gasteiger partial charge < -0.3 is 9.88 Å². The van der Waals surface area contributed by atoms with Crippen molar-refractivity contribution in [3.05, 3.63) is 47.8 Å². The number of fused-ring (bicyclic) bond motifs is 1. The van der Waals surface area contributed by atoms with Crippen LogP contribution in [0.1, 0.15) is 49.8 Å².